The second-order valence-electron chi connectivity index (χ2n) is 9.17. The van der Waals surface area contributed by atoms with Crippen LogP contribution in [-0.2, 0) is 4.79 Å². The summed E-state index contributed by atoms with van der Waals surface area (Å²) in [6, 6.07) is 16.2. The third-order valence-electron chi connectivity index (χ3n) is 6.11. The molecular formula is C25H24ClN3O. The minimum Gasteiger partial charge on any atom is -0.342 e. The Morgan fingerprint density at radius 1 is 1.03 bits per heavy atom. The number of aromatic amines is 1. The second-order valence-corrected chi connectivity index (χ2v) is 9.61. The van der Waals surface area contributed by atoms with Crippen LogP contribution in [-0.4, -0.2) is 16.0 Å². The van der Waals surface area contributed by atoms with Crippen molar-refractivity contribution < 1.29 is 4.79 Å². The molecule has 0 saturated heterocycles. The summed E-state index contributed by atoms with van der Waals surface area (Å²) in [5, 5.41) is 12.0. The van der Waals surface area contributed by atoms with Crippen LogP contribution in [0.4, 0.5) is 5.82 Å². The molecular weight excluding hydrogens is 394 g/mol. The van der Waals surface area contributed by atoms with Gasteiger partial charge in [0.2, 0.25) is 0 Å². The molecule has 2 N–H and O–H groups in total. The molecule has 0 bridgehead atoms. The Hall–Kier alpha value is -2.85. The van der Waals surface area contributed by atoms with Crippen molar-refractivity contribution in [2.75, 3.05) is 5.32 Å². The van der Waals surface area contributed by atoms with Crippen LogP contribution in [0.15, 0.2) is 59.8 Å². The molecule has 0 radical (unpaired) electrons. The lowest BCUT2D eigenvalue weighted by Gasteiger charge is -2.38. The number of nitrogens with one attached hydrogen (secondary N) is 2. The summed E-state index contributed by atoms with van der Waals surface area (Å²) in [7, 11) is 0. The lowest BCUT2D eigenvalue weighted by molar-refractivity contribution is -0.118. The van der Waals surface area contributed by atoms with Crippen LogP contribution in [0.2, 0.25) is 5.02 Å². The molecule has 3 aromatic rings. The molecule has 2 aliphatic rings. The third kappa shape index (κ3) is 3.16. The Morgan fingerprint density at radius 3 is 2.43 bits per heavy atom. The number of aromatic nitrogens is 2. The van der Waals surface area contributed by atoms with E-state index in [0.717, 1.165) is 45.9 Å². The number of aryl methyl sites for hydroxylation is 1. The number of carbonyl (C=O) groups excluding carboxylic acids is 1. The molecule has 4 nitrogen and oxygen atoms in total. The van der Waals surface area contributed by atoms with E-state index in [1.54, 1.807) is 0 Å². The summed E-state index contributed by atoms with van der Waals surface area (Å²) in [4.78, 5) is 13.4. The summed E-state index contributed by atoms with van der Waals surface area (Å²) in [6.07, 6.45) is 1.37. The summed E-state index contributed by atoms with van der Waals surface area (Å²) < 4.78 is 0. The molecule has 5 rings (SSSR count). The summed E-state index contributed by atoms with van der Waals surface area (Å²) in [5.74, 6) is 0.831. The van der Waals surface area contributed by atoms with E-state index in [1.807, 2.05) is 24.3 Å². The Balaban J connectivity index is 1.73. The van der Waals surface area contributed by atoms with Crippen molar-refractivity contribution >= 4 is 23.2 Å². The quantitative estimate of drug-likeness (QED) is 0.518. The maximum atomic E-state index is 13.4. The molecule has 2 aromatic carbocycles. The molecule has 0 spiro atoms. The molecule has 0 fully saturated rings. The van der Waals surface area contributed by atoms with Crippen LogP contribution < -0.4 is 5.32 Å². The van der Waals surface area contributed by atoms with Crippen molar-refractivity contribution in [1.82, 2.24) is 10.2 Å². The number of ketones is 1. The van der Waals surface area contributed by atoms with E-state index in [1.165, 1.54) is 5.56 Å². The van der Waals surface area contributed by atoms with Gasteiger partial charge in [0.05, 0.1) is 5.69 Å². The van der Waals surface area contributed by atoms with Gasteiger partial charge in [0.25, 0.3) is 0 Å². The largest absolute Gasteiger partial charge is 0.342 e. The summed E-state index contributed by atoms with van der Waals surface area (Å²) in [6.45, 7) is 6.36. The number of halogens is 1. The van der Waals surface area contributed by atoms with Gasteiger partial charge in [0.1, 0.15) is 0 Å². The molecule has 1 aromatic heterocycles. The first kappa shape index (κ1) is 19.1. The van der Waals surface area contributed by atoms with Crippen LogP contribution >= 0.6 is 11.6 Å². The zero-order chi connectivity index (χ0) is 21.0. The molecule has 2 heterocycles. The van der Waals surface area contributed by atoms with E-state index < -0.39 is 0 Å². The number of anilines is 1. The monoisotopic (exact) mass is 417 g/mol. The predicted molar refractivity (Wildman–Crippen MR) is 121 cm³/mol. The minimum atomic E-state index is -0.174. The normalized spacial score (nSPS) is 19.9. The number of H-pyrrole nitrogens is 1. The average molecular weight is 418 g/mol. The zero-order valence-electron chi connectivity index (χ0n) is 17.3. The number of hydrogen-bond acceptors (Lipinski definition) is 3. The summed E-state index contributed by atoms with van der Waals surface area (Å²) >= 11 is 6.17. The molecule has 0 amide bonds. The van der Waals surface area contributed by atoms with Crippen molar-refractivity contribution in [3.05, 3.63) is 81.5 Å². The molecule has 5 heteroatoms. The van der Waals surface area contributed by atoms with Gasteiger partial charge >= 0.3 is 0 Å². The van der Waals surface area contributed by atoms with Crippen molar-refractivity contribution in [2.24, 2.45) is 5.41 Å². The Kier molecular flexibility index (Phi) is 4.37. The summed E-state index contributed by atoms with van der Waals surface area (Å²) in [5.41, 5.74) is 7.06. The van der Waals surface area contributed by atoms with E-state index in [-0.39, 0.29) is 17.1 Å². The van der Waals surface area contributed by atoms with Gasteiger partial charge in [-0.2, -0.15) is 5.10 Å². The van der Waals surface area contributed by atoms with Gasteiger partial charge in [-0.05, 0) is 42.0 Å². The second kappa shape index (κ2) is 6.85. The first-order valence-corrected chi connectivity index (χ1v) is 10.6. The van der Waals surface area contributed by atoms with Gasteiger partial charge in [-0.25, -0.2) is 0 Å². The number of carbonyl (C=O) groups is 1. The van der Waals surface area contributed by atoms with Gasteiger partial charge < -0.3 is 5.32 Å². The van der Waals surface area contributed by atoms with Crippen LogP contribution in [0.5, 0.6) is 0 Å². The highest BCUT2D eigenvalue weighted by atomic mass is 35.5. The van der Waals surface area contributed by atoms with E-state index in [2.05, 4.69) is 60.6 Å². The highest BCUT2D eigenvalue weighted by Gasteiger charge is 2.42. The van der Waals surface area contributed by atoms with Gasteiger partial charge in [-0.3, -0.25) is 9.89 Å². The standard InChI is InChI=1S/C25H24ClN3O/c1-14-4-6-16(7-5-14)23-22-20(15-8-10-17(26)11-9-15)21-18(27-24(22)29-28-23)12-25(2,3)13-19(21)30/h4-11,20H,12-13H2,1-3H3,(H2,27,28,29)/t20-/m1/s1. The maximum absolute atomic E-state index is 13.4. The number of Topliss-reactive ketones (excluding diaryl/α,β-unsaturated/α-hetero) is 1. The fraction of sp³-hybridized carbons (Fsp3) is 0.280. The van der Waals surface area contributed by atoms with Crippen LogP contribution in [0, 0.1) is 12.3 Å². The number of benzene rings is 2. The van der Waals surface area contributed by atoms with Crippen LogP contribution in [0.1, 0.15) is 49.3 Å². The number of hydrogen-bond donors (Lipinski definition) is 2. The van der Waals surface area contributed by atoms with Gasteiger partial charge in [-0.1, -0.05) is 67.4 Å². The topological polar surface area (TPSA) is 57.8 Å². The van der Waals surface area contributed by atoms with Gasteiger partial charge in [-0.15, -0.1) is 0 Å². The number of nitrogens with zero attached hydrogens (tertiary/aromatic N) is 1. The number of allylic oxidation sites excluding steroid dienone is 2. The first-order chi connectivity index (χ1) is 14.3. The van der Waals surface area contributed by atoms with E-state index in [9.17, 15) is 4.79 Å². The highest BCUT2D eigenvalue weighted by molar-refractivity contribution is 6.30. The molecule has 1 atom stereocenters. The minimum absolute atomic E-state index is 0.0684. The van der Waals surface area contributed by atoms with Crippen molar-refractivity contribution in [1.29, 1.82) is 0 Å². The molecule has 1 aliphatic heterocycles. The molecule has 1 aliphatic carbocycles. The van der Waals surface area contributed by atoms with Gasteiger partial charge in [0.15, 0.2) is 11.6 Å². The van der Waals surface area contributed by atoms with Crippen LogP contribution in [0.25, 0.3) is 11.3 Å². The smallest absolute Gasteiger partial charge is 0.162 e. The fourth-order valence-electron chi connectivity index (χ4n) is 4.72. The lowest BCUT2D eigenvalue weighted by atomic mass is 9.69. The average Bonchev–Trinajstić information content (AvgIpc) is 3.10. The fourth-order valence-corrected chi connectivity index (χ4v) is 4.85. The van der Waals surface area contributed by atoms with E-state index in [4.69, 9.17) is 11.6 Å². The molecule has 0 saturated carbocycles. The van der Waals surface area contributed by atoms with Crippen LogP contribution in [0.3, 0.4) is 0 Å². The molecule has 0 unspecified atom stereocenters. The van der Waals surface area contributed by atoms with Crippen molar-refractivity contribution in [2.45, 2.75) is 39.5 Å². The highest BCUT2D eigenvalue weighted by Crippen LogP contribution is 2.50. The molecule has 30 heavy (non-hydrogen) atoms. The predicted octanol–water partition coefficient (Wildman–Crippen LogP) is 6.24. The van der Waals surface area contributed by atoms with E-state index >= 15 is 0 Å². The number of fused-ring (bicyclic) bond motifs is 1. The number of rotatable bonds is 2. The Bertz CT molecular complexity index is 1170. The van der Waals surface area contributed by atoms with Crippen molar-refractivity contribution in [3.8, 4) is 11.3 Å². The maximum Gasteiger partial charge on any atom is 0.162 e. The third-order valence-corrected chi connectivity index (χ3v) is 6.37. The Labute approximate surface area is 181 Å². The first-order valence-electron chi connectivity index (χ1n) is 10.3. The lowest BCUT2D eigenvalue weighted by Crippen LogP contribution is -2.33. The zero-order valence-corrected chi connectivity index (χ0v) is 18.1. The van der Waals surface area contributed by atoms with Crippen molar-refractivity contribution in [3.63, 3.8) is 0 Å². The SMILES string of the molecule is Cc1ccc(-c2[nH]nc3c2[C@H](c2ccc(Cl)cc2)C2=C(CC(C)(C)CC2=O)N3)cc1. The molecule has 152 valence electrons. The Morgan fingerprint density at radius 2 is 1.73 bits per heavy atom. The van der Waals surface area contributed by atoms with Gasteiger partial charge in [0, 0.05) is 34.2 Å². The van der Waals surface area contributed by atoms with E-state index in [0.29, 0.717) is 11.4 Å².